The second kappa shape index (κ2) is 8.69. The Morgan fingerprint density at radius 1 is 1.37 bits per heavy atom. The summed E-state index contributed by atoms with van der Waals surface area (Å²) in [5, 5.41) is 16.1. The molecule has 3 aromatic rings. The van der Waals surface area contributed by atoms with Gasteiger partial charge < -0.3 is 15.0 Å². The number of nitrogens with one attached hydrogen (secondary N) is 1. The van der Waals surface area contributed by atoms with Crippen molar-refractivity contribution in [1.82, 2.24) is 4.90 Å². The SMILES string of the molecule is CCOC(=O)N1CCc2c(sc(NC(=O)/C=C/c3csc4ccccc34)c2C#N)C1. The summed E-state index contributed by atoms with van der Waals surface area (Å²) in [5.41, 5.74) is 2.38. The highest BCUT2D eigenvalue weighted by Gasteiger charge is 2.27. The molecule has 1 aromatic carbocycles. The number of carbonyl (C=O) groups excluding carboxylic acids is 2. The van der Waals surface area contributed by atoms with Crippen molar-refractivity contribution in [3.05, 3.63) is 57.3 Å². The average molecular weight is 438 g/mol. The topological polar surface area (TPSA) is 82.4 Å². The Morgan fingerprint density at radius 3 is 3.00 bits per heavy atom. The molecule has 4 rings (SSSR count). The van der Waals surface area contributed by atoms with Crippen molar-refractivity contribution in [2.24, 2.45) is 0 Å². The van der Waals surface area contributed by atoms with Crippen LogP contribution in [-0.2, 0) is 22.5 Å². The van der Waals surface area contributed by atoms with Crippen LogP contribution in [0.15, 0.2) is 35.7 Å². The number of benzene rings is 1. The van der Waals surface area contributed by atoms with Crippen molar-refractivity contribution in [3.8, 4) is 6.07 Å². The van der Waals surface area contributed by atoms with Crippen molar-refractivity contribution < 1.29 is 14.3 Å². The fraction of sp³-hybridized carbons (Fsp3) is 0.227. The highest BCUT2D eigenvalue weighted by atomic mass is 32.1. The minimum absolute atomic E-state index is 0.289. The smallest absolute Gasteiger partial charge is 0.410 e. The molecule has 0 fully saturated rings. The normalized spacial score (nSPS) is 13.3. The second-order valence-corrected chi connectivity index (χ2v) is 8.72. The fourth-order valence-corrected chi connectivity index (χ4v) is 5.57. The number of nitriles is 1. The number of ether oxygens (including phenoxy) is 1. The van der Waals surface area contributed by atoms with Crippen LogP contribution in [-0.4, -0.2) is 30.1 Å². The Morgan fingerprint density at radius 2 is 2.20 bits per heavy atom. The fourth-order valence-electron chi connectivity index (χ4n) is 3.43. The molecule has 0 unspecified atom stereocenters. The van der Waals surface area contributed by atoms with E-state index in [4.69, 9.17) is 4.74 Å². The summed E-state index contributed by atoms with van der Waals surface area (Å²) in [4.78, 5) is 27.0. The molecule has 0 spiro atoms. The monoisotopic (exact) mass is 437 g/mol. The van der Waals surface area contributed by atoms with E-state index in [-0.39, 0.29) is 12.0 Å². The van der Waals surface area contributed by atoms with Gasteiger partial charge in [0.1, 0.15) is 11.1 Å². The van der Waals surface area contributed by atoms with E-state index < -0.39 is 0 Å². The molecule has 152 valence electrons. The van der Waals surface area contributed by atoms with E-state index in [1.807, 2.05) is 29.6 Å². The maximum absolute atomic E-state index is 12.5. The van der Waals surface area contributed by atoms with Gasteiger partial charge in [-0.2, -0.15) is 5.26 Å². The molecule has 2 amide bonds. The zero-order valence-electron chi connectivity index (χ0n) is 16.3. The molecule has 1 aliphatic rings. The van der Waals surface area contributed by atoms with Gasteiger partial charge >= 0.3 is 6.09 Å². The van der Waals surface area contributed by atoms with E-state index in [0.717, 1.165) is 21.4 Å². The zero-order valence-corrected chi connectivity index (χ0v) is 17.9. The standard InChI is InChI=1S/C22H19N3O3S2/c1-2-28-22(27)25-10-9-16-17(11-23)21(30-19(16)12-25)24-20(26)8-7-14-13-29-18-6-4-3-5-15(14)18/h3-8,13H,2,9-10,12H2,1H3,(H,24,26)/b8-7+. The number of carbonyl (C=O) groups is 2. The number of rotatable bonds is 4. The molecule has 0 bridgehead atoms. The first kappa shape index (κ1) is 20.1. The van der Waals surface area contributed by atoms with Crippen LogP contribution >= 0.6 is 22.7 Å². The number of anilines is 1. The summed E-state index contributed by atoms with van der Waals surface area (Å²) in [7, 11) is 0. The summed E-state index contributed by atoms with van der Waals surface area (Å²) in [6.07, 6.45) is 3.49. The van der Waals surface area contributed by atoms with E-state index in [1.54, 1.807) is 29.2 Å². The van der Waals surface area contributed by atoms with Crippen molar-refractivity contribution in [2.45, 2.75) is 19.9 Å². The van der Waals surface area contributed by atoms with Crippen molar-refractivity contribution in [1.29, 1.82) is 5.26 Å². The van der Waals surface area contributed by atoms with Crippen molar-refractivity contribution in [3.63, 3.8) is 0 Å². The number of thiophene rings is 2. The van der Waals surface area contributed by atoms with Gasteiger partial charge in [-0.15, -0.1) is 22.7 Å². The average Bonchev–Trinajstić information content (AvgIpc) is 3.32. The lowest BCUT2D eigenvalue weighted by atomic mass is 10.0. The number of nitrogens with zero attached hydrogens (tertiary/aromatic N) is 2. The largest absolute Gasteiger partial charge is 0.450 e. The first-order chi connectivity index (χ1) is 14.6. The van der Waals surface area contributed by atoms with Crippen LogP contribution in [0.1, 0.15) is 28.5 Å². The predicted octanol–water partition coefficient (Wildman–Crippen LogP) is 5.00. The predicted molar refractivity (Wildman–Crippen MR) is 120 cm³/mol. The molecule has 0 atom stereocenters. The lowest BCUT2D eigenvalue weighted by Crippen LogP contribution is -2.35. The molecule has 6 nitrogen and oxygen atoms in total. The third kappa shape index (κ3) is 3.95. The maximum atomic E-state index is 12.5. The van der Waals surface area contributed by atoms with E-state index >= 15 is 0 Å². The van der Waals surface area contributed by atoms with Gasteiger partial charge in [-0.25, -0.2) is 4.79 Å². The third-order valence-electron chi connectivity index (χ3n) is 4.86. The Hall–Kier alpha value is -3.15. The lowest BCUT2D eigenvalue weighted by molar-refractivity contribution is -0.111. The molecule has 8 heteroatoms. The molecule has 0 aliphatic carbocycles. The molecule has 1 N–H and O–H groups in total. The van der Waals surface area contributed by atoms with Crippen LogP contribution in [0.25, 0.3) is 16.2 Å². The van der Waals surface area contributed by atoms with E-state index in [2.05, 4.69) is 11.4 Å². The molecule has 0 saturated carbocycles. The van der Waals surface area contributed by atoms with Gasteiger partial charge in [-0.1, -0.05) is 18.2 Å². The molecule has 3 heterocycles. The molecule has 0 saturated heterocycles. The molecular weight excluding hydrogens is 418 g/mol. The maximum Gasteiger partial charge on any atom is 0.410 e. The highest BCUT2D eigenvalue weighted by Crippen LogP contribution is 2.37. The Bertz CT molecular complexity index is 1190. The summed E-state index contributed by atoms with van der Waals surface area (Å²) in [6.45, 7) is 2.98. The summed E-state index contributed by atoms with van der Waals surface area (Å²) in [5.74, 6) is -0.289. The molecule has 1 aliphatic heterocycles. The first-order valence-corrected chi connectivity index (χ1v) is 11.2. The third-order valence-corrected chi connectivity index (χ3v) is 6.97. The van der Waals surface area contributed by atoms with Crippen molar-refractivity contribution in [2.75, 3.05) is 18.5 Å². The van der Waals surface area contributed by atoms with Crippen LogP contribution in [0.4, 0.5) is 9.80 Å². The van der Waals surface area contributed by atoms with E-state index in [9.17, 15) is 14.9 Å². The Kier molecular flexibility index (Phi) is 5.84. The number of hydrogen-bond donors (Lipinski definition) is 1. The molecule has 2 aromatic heterocycles. The molecule has 30 heavy (non-hydrogen) atoms. The number of hydrogen-bond acceptors (Lipinski definition) is 6. The summed E-state index contributed by atoms with van der Waals surface area (Å²) >= 11 is 2.98. The van der Waals surface area contributed by atoms with Gasteiger partial charge in [0, 0.05) is 22.2 Å². The van der Waals surface area contributed by atoms with Crippen LogP contribution in [0, 0.1) is 11.3 Å². The number of amides is 2. The summed E-state index contributed by atoms with van der Waals surface area (Å²) < 4.78 is 6.24. The van der Waals surface area contributed by atoms with Gasteiger partial charge in [-0.3, -0.25) is 4.79 Å². The zero-order chi connectivity index (χ0) is 21.1. The molecular formula is C22H19N3O3S2. The summed E-state index contributed by atoms with van der Waals surface area (Å²) in [6, 6.07) is 10.3. The quantitative estimate of drug-likeness (QED) is 0.582. The van der Waals surface area contributed by atoms with Gasteiger partial charge in [0.2, 0.25) is 5.91 Å². The lowest BCUT2D eigenvalue weighted by Gasteiger charge is -2.25. The second-order valence-electron chi connectivity index (χ2n) is 6.70. The van der Waals surface area contributed by atoms with E-state index in [1.165, 1.54) is 22.1 Å². The van der Waals surface area contributed by atoms with Crippen LogP contribution < -0.4 is 5.32 Å². The van der Waals surface area contributed by atoms with Crippen LogP contribution in [0.5, 0.6) is 0 Å². The Balaban J connectivity index is 1.50. The van der Waals surface area contributed by atoms with Gasteiger partial charge in [-0.05, 0) is 47.4 Å². The molecule has 0 radical (unpaired) electrons. The van der Waals surface area contributed by atoms with Gasteiger partial charge in [0.25, 0.3) is 0 Å². The highest BCUT2D eigenvalue weighted by molar-refractivity contribution is 7.17. The van der Waals surface area contributed by atoms with E-state index in [0.29, 0.717) is 36.7 Å². The first-order valence-electron chi connectivity index (χ1n) is 9.52. The Labute approximate surface area is 182 Å². The van der Waals surface area contributed by atoms with Crippen LogP contribution in [0.3, 0.4) is 0 Å². The minimum atomic E-state index is -0.355. The number of fused-ring (bicyclic) bond motifs is 2. The minimum Gasteiger partial charge on any atom is -0.450 e. The van der Waals surface area contributed by atoms with Gasteiger partial charge in [0.15, 0.2) is 0 Å². The van der Waals surface area contributed by atoms with Gasteiger partial charge in [0.05, 0.1) is 18.7 Å². The van der Waals surface area contributed by atoms with Crippen molar-refractivity contribution >= 4 is 55.8 Å². The van der Waals surface area contributed by atoms with Crippen LogP contribution in [0.2, 0.25) is 0 Å².